The number of methoxy groups -OCH3 is 1. The van der Waals surface area contributed by atoms with Gasteiger partial charge in [0.1, 0.15) is 17.3 Å². The third-order valence-electron chi connectivity index (χ3n) is 4.87. The highest BCUT2D eigenvalue weighted by Gasteiger charge is 2.24. The number of amides is 1. The van der Waals surface area contributed by atoms with Crippen LogP contribution in [0.1, 0.15) is 16.1 Å². The molecule has 0 spiro atoms. The molecule has 0 aliphatic heterocycles. The molecule has 0 aliphatic carbocycles. The second kappa shape index (κ2) is 8.21. The number of nitrogens with zero attached hydrogens (tertiary/aromatic N) is 1. The fourth-order valence-corrected chi connectivity index (χ4v) is 3.32. The number of hydrogen-bond donors (Lipinski definition) is 1. The topological polar surface area (TPSA) is 59.8 Å². The van der Waals surface area contributed by atoms with E-state index >= 15 is 0 Å². The van der Waals surface area contributed by atoms with Crippen LogP contribution in [0.3, 0.4) is 0 Å². The van der Waals surface area contributed by atoms with E-state index in [-0.39, 0.29) is 18.1 Å². The molecule has 1 N–H and O–H groups in total. The van der Waals surface area contributed by atoms with Crippen molar-refractivity contribution in [1.82, 2.24) is 9.72 Å². The van der Waals surface area contributed by atoms with Gasteiger partial charge in [-0.05, 0) is 53.6 Å². The zero-order chi connectivity index (χ0) is 21.1. The molecule has 0 bridgehead atoms. The quantitative estimate of drug-likeness (QED) is 0.387. The summed E-state index contributed by atoms with van der Waals surface area (Å²) in [5, 5.41) is 2.67. The molecule has 150 valence electrons. The van der Waals surface area contributed by atoms with E-state index in [9.17, 15) is 14.0 Å². The van der Waals surface area contributed by atoms with Crippen molar-refractivity contribution >= 4 is 17.2 Å². The Kier molecular flexibility index (Phi) is 5.30. The van der Waals surface area contributed by atoms with Gasteiger partial charge in [-0.15, -0.1) is 0 Å². The molecule has 30 heavy (non-hydrogen) atoms. The molecular weight excluding hydrogens is 383 g/mol. The first-order valence-electron chi connectivity index (χ1n) is 9.38. The lowest BCUT2D eigenvalue weighted by molar-refractivity contribution is -0.117. The van der Waals surface area contributed by atoms with Gasteiger partial charge in [-0.1, -0.05) is 30.3 Å². The number of Topliss-reactive ketones (excluding diaryl/α,β-unsaturated/α-hetero) is 1. The summed E-state index contributed by atoms with van der Waals surface area (Å²) >= 11 is 0. The first kappa shape index (κ1) is 19.4. The van der Waals surface area contributed by atoms with Crippen LogP contribution in [0.25, 0.3) is 16.6 Å². The van der Waals surface area contributed by atoms with Gasteiger partial charge in [0, 0.05) is 23.8 Å². The molecule has 0 saturated heterocycles. The highest BCUT2D eigenvalue weighted by Crippen LogP contribution is 2.28. The number of rotatable bonds is 6. The number of pyridine rings is 1. The SMILES string of the molecule is COc1ccc(CNC(=O)C(=O)c2c(-c3ccc(F)cc3)cc3ccccn23)cc1. The third kappa shape index (κ3) is 3.80. The molecule has 4 rings (SSSR count). The number of benzene rings is 2. The highest BCUT2D eigenvalue weighted by atomic mass is 19.1. The molecule has 0 atom stereocenters. The van der Waals surface area contributed by atoms with Gasteiger partial charge < -0.3 is 14.5 Å². The first-order valence-corrected chi connectivity index (χ1v) is 9.38. The van der Waals surface area contributed by atoms with E-state index in [0.29, 0.717) is 16.9 Å². The number of fused-ring (bicyclic) bond motifs is 1. The number of carbonyl (C=O) groups is 2. The summed E-state index contributed by atoms with van der Waals surface area (Å²) in [6, 6.07) is 20.4. The minimum absolute atomic E-state index is 0.212. The van der Waals surface area contributed by atoms with Gasteiger partial charge in [0.2, 0.25) is 0 Å². The molecule has 0 aliphatic rings. The van der Waals surface area contributed by atoms with Gasteiger partial charge >= 0.3 is 0 Å². The maximum Gasteiger partial charge on any atom is 0.294 e. The maximum atomic E-state index is 13.4. The van der Waals surface area contributed by atoms with Crippen LogP contribution < -0.4 is 10.1 Å². The van der Waals surface area contributed by atoms with E-state index in [4.69, 9.17) is 4.74 Å². The second-order valence-corrected chi connectivity index (χ2v) is 6.77. The zero-order valence-electron chi connectivity index (χ0n) is 16.3. The monoisotopic (exact) mass is 402 g/mol. The Balaban J connectivity index is 1.63. The average molecular weight is 402 g/mol. The molecule has 2 aromatic heterocycles. The Hall–Kier alpha value is -3.93. The summed E-state index contributed by atoms with van der Waals surface area (Å²) in [5.74, 6) is -1.02. The predicted molar refractivity (Wildman–Crippen MR) is 112 cm³/mol. The van der Waals surface area contributed by atoms with E-state index in [1.54, 1.807) is 48.0 Å². The minimum Gasteiger partial charge on any atom is -0.497 e. The van der Waals surface area contributed by atoms with Gasteiger partial charge in [-0.3, -0.25) is 9.59 Å². The van der Waals surface area contributed by atoms with Gasteiger partial charge in [0.05, 0.1) is 7.11 Å². The Morgan fingerprint density at radius 2 is 1.73 bits per heavy atom. The molecule has 0 radical (unpaired) electrons. The van der Waals surface area contributed by atoms with Gasteiger partial charge in [0.15, 0.2) is 0 Å². The van der Waals surface area contributed by atoms with Gasteiger partial charge in [-0.25, -0.2) is 4.39 Å². The molecule has 0 unspecified atom stereocenters. The van der Waals surface area contributed by atoms with Crippen LogP contribution in [-0.2, 0) is 11.3 Å². The predicted octanol–water partition coefficient (Wildman–Crippen LogP) is 4.25. The van der Waals surface area contributed by atoms with E-state index in [1.165, 1.54) is 12.1 Å². The Morgan fingerprint density at radius 1 is 1.00 bits per heavy atom. The normalized spacial score (nSPS) is 10.7. The van der Waals surface area contributed by atoms with Crippen LogP contribution in [0.2, 0.25) is 0 Å². The van der Waals surface area contributed by atoms with Crippen LogP contribution in [0.5, 0.6) is 5.75 Å². The standard InChI is InChI=1S/C24H19FN2O3/c1-30-20-11-5-16(6-12-20)15-26-24(29)23(28)22-21(17-7-9-18(25)10-8-17)14-19-4-2-3-13-27(19)22/h2-14H,15H2,1H3,(H,26,29). The van der Waals surface area contributed by atoms with Gasteiger partial charge in [0.25, 0.3) is 11.7 Å². The smallest absolute Gasteiger partial charge is 0.294 e. The second-order valence-electron chi connectivity index (χ2n) is 6.77. The Labute approximate surface area is 172 Å². The summed E-state index contributed by atoms with van der Waals surface area (Å²) in [4.78, 5) is 25.7. The number of carbonyl (C=O) groups excluding carboxylic acids is 2. The van der Waals surface area contributed by atoms with Crippen molar-refractivity contribution in [2.45, 2.75) is 6.54 Å². The van der Waals surface area contributed by atoms with E-state index < -0.39 is 11.7 Å². The fraction of sp³-hybridized carbons (Fsp3) is 0.0833. The maximum absolute atomic E-state index is 13.4. The number of nitrogens with one attached hydrogen (secondary N) is 1. The molecule has 0 fully saturated rings. The largest absolute Gasteiger partial charge is 0.497 e. The van der Waals surface area contributed by atoms with E-state index in [0.717, 1.165) is 11.1 Å². The van der Waals surface area contributed by atoms with Crippen molar-refractivity contribution in [3.63, 3.8) is 0 Å². The number of hydrogen-bond acceptors (Lipinski definition) is 3. The fourth-order valence-electron chi connectivity index (χ4n) is 3.32. The average Bonchev–Trinajstić information content (AvgIpc) is 3.17. The van der Waals surface area contributed by atoms with E-state index in [2.05, 4.69) is 5.32 Å². The lowest BCUT2D eigenvalue weighted by atomic mass is 10.0. The lowest BCUT2D eigenvalue weighted by Gasteiger charge is -2.08. The van der Waals surface area contributed by atoms with Crippen LogP contribution in [-0.4, -0.2) is 23.2 Å². The molecule has 2 heterocycles. The number of aromatic nitrogens is 1. The van der Waals surface area contributed by atoms with Crippen LogP contribution in [0.15, 0.2) is 79.0 Å². The molecule has 5 nitrogen and oxygen atoms in total. The zero-order valence-corrected chi connectivity index (χ0v) is 16.3. The summed E-state index contributed by atoms with van der Waals surface area (Å²) in [6.45, 7) is 0.212. The summed E-state index contributed by atoms with van der Waals surface area (Å²) in [6.07, 6.45) is 1.73. The summed E-state index contributed by atoms with van der Waals surface area (Å²) in [7, 11) is 1.58. The third-order valence-corrected chi connectivity index (χ3v) is 4.87. The molecule has 1 amide bonds. The van der Waals surface area contributed by atoms with Crippen molar-refractivity contribution in [2.24, 2.45) is 0 Å². The lowest BCUT2D eigenvalue weighted by Crippen LogP contribution is -2.31. The number of halogens is 1. The van der Waals surface area contributed by atoms with Crippen LogP contribution in [0, 0.1) is 5.82 Å². The van der Waals surface area contributed by atoms with Crippen molar-refractivity contribution in [3.8, 4) is 16.9 Å². The van der Waals surface area contributed by atoms with Crippen molar-refractivity contribution in [3.05, 3.63) is 96.1 Å². The van der Waals surface area contributed by atoms with Gasteiger partial charge in [-0.2, -0.15) is 0 Å². The summed E-state index contributed by atoms with van der Waals surface area (Å²) in [5.41, 5.74) is 3.08. The molecule has 4 aromatic rings. The van der Waals surface area contributed by atoms with Crippen LogP contribution >= 0.6 is 0 Å². The molecule has 6 heteroatoms. The van der Waals surface area contributed by atoms with Crippen molar-refractivity contribution in [1.29, 1.82) is 0 Å². The molecular formula is C24H19FN2O3. The molecule has 0 saturated carbocycles. The van der Waals surface area contributed by atoms with Crippen molar-refractivity contribution in [2.75, 3.05) is 7.11 Å². The minimum atomic E-state index is -0.710. The number of ether oxygens (including phenoxy) is 1. The first-order chi connectivity index (χ1) is 14.6. The Morgan fingerprint density at radius 3 is 2.43 bits per heavy atom. The summed E-state index contributed by atoms with van der Waals surface area (Å²) < 4.78 is 20.2. The highest BCUT2D eigenvalue weighted by molar-refractivity contribution is 6.43. The molecule has 2 aromatic carbocycles. The Bertz CT molecular complexity index is 1210. The van der Waals surface area contributed by atoms with Crippen molar-refractivity contribution < 1.29 is 18.7 Å². The number of ketones is 1. The van der Waals surface area contributed by atoms with Crippen LogP contribution in [0.4, 0.5) is 4.39 Å². The van der Waals surface area contributed by atoms with E-state index in [1.807, 2.05) is 30.3 Å².